The molecule has 1 fully saturated rings. The van der Waals surface area contributed by atoms with Gasteiger partial charge in [-0.2, -0.15) is 0 Å². The molecule has 90 valence electrons. The van der Waals surface area contributed by atoms with Gasteiger partial charge in [-0.1, -0.05) is 0 Å². The van der Waals surface area contributed by atoms with Crippen molar-refractivity contribution < 1.29 is 4.42 Å². The number of aromatic nitrogens is 1. The van der Waals surface area contributed by atoms with Crippen molar-refractivity contribution in [2.24, 2.45) is 11.7 Å². The van der Waals surface area contributed by atoms with Crippen LogP contribution in [0.15, 0.2) is 10.7 Å². The second-order valence-corrected chi connectivity index (χ2v) is 4.75. The largest absolute Gasteiger partial charge is 0.449 e. The highest BCUT2D eigenvalue weighted by Crippen LogP contribution is 2.19. The number of oxazole rings is 1. The van der Waals surface area contributed by atoms with E-state index in [1.165, 1.54) is 19.5 Å². The van der Waals surface area contributed by atoms with E-state index in [-0.39, 0.29) is 0 Å². The maximum Gasteiger partial charge on any atom is 0.194 e. The van der Waals surface area contributed by atoms with E-state index >= 15 is 0 Å². The Hall–Kier alpha value is -0.870. The van der Waals surface area contributed by atoms with E-state index in [2.05, 4.69) is 16.9 Å². The molecule has 0 aliphatic carbocycles. The van der Waals surface area contributed by atoms with Crippen LogP contribution in [-0.4, -0.2) is 36.6 Å². The molecular formula is C12H21N3O. The van der Waals surface area contributed by atoms with E-state index < -0.39 is 0 Å². The third kappa shape index (κ3) is 3.06. The van der Waals surface area contributed by atoms with E-state index in [0.717, 1.165) is 37.4 Å². The van der Waals surface area contributed by atoms with E-state index in [9.17, 15) is 0 Å². The van der Waals surface area contributed by atoms with Gasteiger partial charge in [-0.25, -0.2) is 4.98 Å². The molecule has 4 heteroatoms. The highest BCUT2D eigenvalue weighted by molar-refractivity contribution is 4.98. The van der Waals surface area contributed by atoms with Crippen molar-refractivity contribution in [3.05, 3.63) is 17.8 Å². The number of rotatable bonds is 5. The fraction of sp³-hybridized carbons (Fsp3) is 0.750. The normalized spacial score (nSPS) is 21.8. The van der Waals surface area contributed by atoms with Gasteiger partial charge in [0.1, 0.15) is 6.26 Å². The highest BCUT2D eigenvalue weighted by Gasteiger charge is 2.21. The van der Waals surface area contributed by atoms with Gasteiger partial charge in [-0.05, 0) is 45.3 Å². The first kappa shape index (κ1) is 11.6. The second kappa shape index (κ2) is 5.46. The SMILES string of the molecule is CN1CCC(Cc2nc(CCCN)co2)C1. The smallest absolute Gasteiger partial charge is 0.194 e. The molecule has 0 radical (unpaired) electrons. The molecule has 1 saturated heterocycles. The van der Waals surface area contributed by atoms with Gasteiger partial charge in [0.05, 0.1) is 5.69 Å². The van der Waals surface area contributed by atoms with Crippen LogP contribution in [0.3, 0.4) is 0 Å². The fourth-order valence-corrected chi connectivity index (χ4v) is 2.28. The molecule has 4 nitrogen and oxygen atoms in total. The number of nitrogens with two attached hydrogens (primary N) is 1. The Morgan fingerprint density at radius 1 is 1.62 bits per heavy atom. The van der Waals surface area contributed by atoms with E-state index in [0.29, 0.717) is 5.92 Å². The van der Waals surface area contributed by atoms with Crippen LogP contribution in [0.2, 0.25) is 0 Å². The van der Waals surface area contributed by atoms with Crippen molar-refractivity contribution in [2.75, 3.05) is 26.7 Å². The zero-order chi connectivity index (χ0) is 11.4. The lowest BCUT2D eigenvalue weighted by Gasteiger charge is -2.07. The first-order chi connectivity index (χ1) is 7.78. The molecule has 1 unspecified atom stereocenters. The predicted octanol–water partition coefficient (Wildman–Crippen LogP) is 1.06. The van der Waals surface area contributed by atoms with Gasteiger partial charge in [0.25, 0.3) is 0 Å². The summed E-state index contributed by atoms with van der Waals surface area (Å²) in [5.41, 5.74) is 6.51. The van der Waals surface area contributed by atoms with Crippen molar-refractivity contribution in [1.29, 1.82) is 0 Å². The van der Waals surface area contributed by atoms with Crippen LogP contribution in [0.4, 0.5) is 0 Å². The number of hydrogen-bond acceptors (Lipinski definition) is 4. The van der Waals surface area contributed by atoms with Crippen LogP contribution < -0.4 is 5.73 Å². The molecule has 0 spiro atoms. The molecule has 1 aliphatic rings. The minimum atomic E-state index is 0.714. The highest BCUT2D eigenvalue weighted by atomic mass is 16.3. The van der Waals surface area contributed by atoms with Crippen molar-refractivity contribution in [1.82, 2.24) is 9.88 Å². The van der Waals surface area contributed by atoms with Crippen LogP contribution in [0.5, 0.6) is 0 Å². The topological polar surface area (TPSA) is 55.3 Å². The number of aryl methyl sites for hydroxylation is 1. The average molecular weight is 223 g/mol. The lowest BCUT2D eigenvalue weighted by Crippen LogP contribution is -2.15. The molecule has 0 bridgehead atoms. The number of likely N-dealkylation sites (tertiary alicyclic amines) is 1. The lowest BCUT2D eigenvalue weighted by atomic mass is 10.1. The third-order valence-corrected chi connectivity index (χ3v) is 3.19. The zero-order valence-corrected chi connectivity index (χ0v) is 9.98. The molecule has 0 aromatic carbocycles. The molecule has 2 heterocycles. The van der Waals surface area contributed by atoms with Crippen LogP contribution in [-0.2, 0) is 12.8 Å². The summed E-state index contributed by atoms with van der Waals surface area (Å²) in [7, 11) is 2.17. The maximum absolute atomic E-state index is 5.49. The van der Waals surface area contributed by atoms with Gasteiger partial charge in [0, 0.05) is 13.0 Å². The Labute approximate surface area is 96.8 Å². The molecule has 1 aromatic rings. The predicted molar refractivity (Wildman–Crippen MR) is 63.2 cm³/mol. The summed E-state index contributed by atoms with van der Waals surface area (Å²) >= 11 is 0. The Morgan fingerprint density at radius 2 is 2.50 bits per heavy atom. The second-order valence-electron chi connectivity index (χ2n) is 4.75. The summed E-state index contributed by atoms with van der Waals surface area (Å²) in [5, 5.41) is 0. The Balaban J connectivity index is 1.83. The van der Waals surface area contributed by atoms with Crippen molar-refractivity contribution >= 4 is 0 Å². The van der Waals surface area contributed by atoms with Crippen LogP contribution in [0, 0.1) is 5.92 Å². The van der Waals surface area contributed by atoms with Crippen molar-refractivity contribution in [3.63, 3.8) is 0 Å². The van der Waals surface area contributed by atoms with Gasteiger partial charge >= 0.3 is 0 Å². The monoisotopic (exact) mass is 223 g/mol. The summed E-state index contributed by atoms with van der Waals surface area (Å²) in [4.78, 5) is 6.86. The average Bonchev–Trinajstić information content (AvgIpc) is 2.86. The molecule has 1 atom stereocenters. The summed E-state index contributed by atoms with van der Waals surface area (Å²) in [6.07, 6.45) is 5.94. The molecule has 1 aromatic heterocycles. The Bertz CT molecular complexity index is 324. The summed E-state index contributed by atoms with van der Waals surface area (Å²) in [6.45, 7) is 3.08. The first-order valence-electron chi connectivity index (χ1n) is 6.10. The zero-order valence-electron chi connectivity index (χ0n) is 9.98. The van der Waals surface area contributed by atoms with Gasteiger partial charge in [0.2, 0.25) is 0 Å². The van der Waals surface area contributed by atoms with Crippen molar-refractivity contribution in [3.8, 4) is 0 Å². The number of hydrogen-bond donors (Lipinski definition) is 1. The summed E-state index contributed by atoms with van der Waals surface area (Å²) in [5.74, 6) is 1.61. The molecule has 2 N–H and O–H groups in total. The molecule has 0 saturated carbocycles. The summed E-state index contributed by atoms with van der Waals surface area (Å²) in [6, 6.07) is 0. The fourth-order valence-electron chi connectivity index (χ4n) is 2.28. The van der Waals surface area contributed by atoms with Gasteiger partial charge in [-0.15, -0.1) is 0 Å². The van der Waals surface area contributed by atoms with Gasteiger partial charge in [0.15, 0.2) is 5.89 Å². The van der Waals surface area contributed by atoms with Gasteiger partial charge in [-0.3, -0.25) is 0 Å². The Kier molecular flexibility index (Phi) is 3.96. The van der Waals surface area contributed by atoms with Crippen LogP contribution in [0.1, 0.15) is 24.4 Å². The van der Waals surface area contributed by atoms with Crippen molar-refractivity contribution in [2.45, 2.75) is 25.7 Å². The van der Waals surface area contributed by atoms with E-state index in [1.54, 1.807) is 6.26 Å². The summed E-state index contributed by atoms with van der Waals surface area (Å²) < 4.78 is 5.49. The lowest BCUT2D eigenvalue weighted by molar-refractivity contribution is 0.379. The molecule has 1 aliphatic heterocycles. The van der Waals surface area contributed by atoms with Gasteiger partial charge < -0.3 is 15.1 Å². The van der Waals surface area contributed by atoms with E-state index in [1.807, 2.05) is 0 Å². The number of nitrogens with zero attached hydrogens (tertiary/aromatic N) is 2. The minimum absolute atomic E-state index is 0.714. The quantitative estimate of drug-likeness (QED) is 0.811. The minimum Gasteiger partial charge on any atom is -0.449 e. The van der Waals surface area contributed by atoms with Crippen LogP contribution in [0.25, 0.3) is 0 Å². The van der Waals surface area contributed by atoms with Crippen LogP contribution >= 0.6 is 0 Å². The molecule has 2 rings (SSSR count). The standard InChI is InChI=1S/C12H21N3O/c1-15-6-4-10(8-15)7-12-14-11(9-16-12)3-2-5-13/h9-10H,2-8,13H2,1H3. The first-order valence-corrected chi connectivity index (χ1v) is 6.10. The molecule has 16 heavy (non-hydrogen) atoms. The molecule has 0 amide bonds. The molecular weight excluding hydrogens is 202 g/mol. The third-order valence-electron chi connectivity index (χ3n) is 3.19. The van der Waals surface area contributed by atoms with E-state index in [4.69, 9.17) is 10.2 Å². The maximum atomic E-state index is 5.49. The Morgan fingerprint density at radius 3 is 3.19 bits per heavy atom.